The van der Waals surface area contributed by atoms with Crippen LogP contribution in [0.3, 0.4) is 0 Å². The summed E-state index contributed by atoms with van der Waals surface area (Å²) in [5.41, 5.74) is 1.84. The maximum absolute atomic E-state index is 12.9. The van der Waals surface area contributed by atoms with E-state index in [1.54, 1.807) is 24.0 Å². The SMILES string of the molecule is CCOC(=O)[C@H]1C(=O)NC(N2CCN(C(=O)c3ccco3)CC2)=N[C@@H]1c1ccc(C)cc1. The van der Waals surface area contributed by atoms with Crippen molar-refractivity contribution in [2.75, 3.05) is 32.8 Å². The minimum Gasteiger partial charge on any atom is -0.465 e. The number of ether oxygens (including phenoxy) is 1. The van der Waals surface area contributed by atoms with Crippen LogP contribution in [0.1, 0.15) is 34.6 Å². The van der Waals surface area contributed by atoms with Gasteiger partial charge in [0.1, 0.15) is 6.04 Å². The van der Waals surface area contributed by atoms with Crippen LogP contribution in [0.25, 0.3) is 0 Å². The van der Waals surface area contributed by atoms with E-state index in [-0.39, 0.29) is 12.5 Å². The highest BCUT2D eigenvalue weighted by atomic mass is 16.5. The number of piperazine rings is 1. The number of aliphatic imine (C=N–C) groups is 1. The van der Waals surface area contributed by atoms with Crippen LogP contribution < -0.4 is 5.32 Å². The largest absolute Gasteiger partial charge is 0.465 e. The van der Waals surface area contributed by atoms with Crippen LogP contribution in [-0.2, 0) is 14.3 Å². The van der Waals surface area contributed by atoms with E-state index < -0.39 is 23.8 Å². The lowest BCUT2D eigenvalue weighted by molar-refractivity contribution is -0.153. The van der Waals surface area contributed by atoms with Gasteiger partial charge < -0.3 is 19.0 Å². The van der Waals surface area contributed by atoms with Crippen LogP contribution in [-0.4, -0.2) is 66.3 Å². The molecule has 0 bridgehead atoms. The molecule has 4 rings (SSSR count). The van der Waals surface area contributed by atoms with E-state index in [1.165, 1.54) is 6.26 Å². The van der Waals surface area contributed by atoms with Crippen molar-refractivity contribution in [1.29, 1.82) is 0 Å². The first-order chi connectivity index (χ1) is 15.5. The highest BCUT2D eigenvalue weighted by Gasteiger charge is 2.42. The predicted octanol–water partition coefficient (Wildman–Crippen LogP) is 1.75. The number of nitrogens with zero attached hydrogens (tertiary/aromatic N) is 3. The normalized spacial score (nSPS) is 21.1. The Hall–Kier alpha value is -3.62. The topological polar surface area (TPSA) is 104 Å². The molecule has 3 heterocycles. The van der Waals surface area contributed by atoms with Crippen LogP contribution in [0.15, 0.2) is 52.1 Å². The highest BCUT2D eigenvalue weighted by molar-refractivity contribution is 6.08. The third-order valence-electron chi connectivity index (χ3n) is 5.65. The van der Waals surface area contributed by atoms with Gasteiger partial charge in [0.15, 0.2) is 11.7 Å². The molecule has 1 aromatic heterocycles. The summed E-state index contributed by atoms with van der Waals surface area (Å²) in [7, 11) is 0. The Bertz CT molecular complexity index is 1010. The maximum atomic E-state index is 12.9. The molecular weight excluding hydrogens is 412 g/mol. The van der Waals surface area contributed by atoms with Gasteiger partial charge in [-0.15, -0.1) is 0 Å². The number of carbonyl (C=O) groups excluding carboxylic acids is 3. The van der Waals surface area contributed by atoms with Crippen LogP contribution in [0.5, 0.6) is 0 Å². The van der Waals surface area contributed by atoms with E-state index in [9.17, 15) is 14.4 Å². The molecular formula is C23H26N4O5. The summed E-state index contributed by atoms with van der Waals surface area (Å²) in [5, 5.41) is 2.77. The third kappa shape index (κ3) is 4.37. The summed E-state index contributed by atoms with van der Waals surface area (Å²) >= 11 is 0. The van der Waals surface area contributed by atoms with Gasteiger partial charge in [0, 0.05) is 26.2 Å². The van der Waals surface area contributed by atoms with Crippen LogP contribution in [0, 0.1) is 12.8 Å². The van der Waals surface area contributed by atoms with Crippen LogP contribution >= 0.6 is 0 Å². The molecule has 2 aliphatic rings. The van der Waals surface area contributed by atoms with Gasteiger partial charge in [-0.3, -0.25) is 19.7 Å². The lowest BCUT2D eigenvalue weighted by Crippen LogP contribution is -2.58. The number of benzene rings is 1. The first-order valence-electron chi connectivity index (χ1n) is 10.7. The number of amides is 2. The zero-order valence-corrected chi connectivity index (χ0v) is 18.1. The predicted molar refractivity (Wildman–Crippen MR) is 116 cm³/mol. The van der Waals surface area contributed by atoms with Crippen LogP contribution in [0.2, 0.25) is 0 Å². The number of esters is 1. The summed E-state index contributed by atoms with van der Waals surface area (Å²) in [4.78, 5) is 46.4. The van der Waals surface area contributed by atoms with Crippen molar-refractivity contribution in [1.82, 2.24) is 15.1 Å². The number of furan rings is 1. The number of hydrogen-bond acceptors (Lipinski definition) is 7. The van der Waals surface area contributed by atoms with E-state index in [0.29, 0.717) is 37.9 Å². The maximum Gasteiger partial charge on any atom is 0.321 e. The first kappa shape index (κ1) is 21.6. The molecule has 1 saturated heterocycles. The molecule has 2 aromatic rings. The molecule has 32 heavy (non-hydrogen) atoms. The van der Waals surface area contributed by atoms with Crippen molar-refractivity contribution >= 4 is 23.7 Å². The van der Waals surface area contributed by atoms with Crippen molar-refractivity contribution < 1.29 is 23.5 Å². The molecule has 0 radical (unpaired) electrons. The first-order valence-corrected chi connectivity index (χ1v) is 10.7. The minimum atomic E-state index is -1.05. The van der Waals surface area contributed by atoms with Gasteiger partial charge >= 0.3 is 5.97 Å². The molecule has 1 fully saturated rings. The fourth-order valence-electron chi connectivity index (χ4n) is 3.91. The lowest BCUT2D eigenvalue weighted by atomic mass is 9.91. The zero-order chi connectivity index (χ0) is 22.7. The number of guanidine groups is 1. The van der Waals surface area contributed by atoms with Crippen molar-refractivity contribution in [3.63, 3.8) is 0 Å². The third-order valence-corrected chi connectivity index (χ3v) is 5.65. The highest BCUT2D eigenvalue weighted by Crippen LogP contribution is 2.31. The lowest BCUT2D eigenvalue weighted by Gasteiger charge is -2.38. The Morgan fingerprint density at radius 2 is 1.88 bits per heavy atom. The fourth-order valence-corrected chi connectivity index (χ4v) is 3.91. The standard InChI is InChI=1S/C23H26N4O5/c1-3-31-22(30)18-19(16-8-6-15(2)7-9-16)24-23(25-20(18)28)27-12-10-26(11-13-27)21(29)17-5-4-14-32-17/h4-9,14,18-19H,3,10-13H2,1-2H3,(H,24,25,28)/t18-,19-/m1/s1. The second-order valence-corrected chi connectivity index (χ2v) is 7.78. The molecule has 168 valence electrons. The van der Waals surface area contributed by atoms with E-state index in [2.05, 4.69) is 5.32 Å². The number of nitrogens with one attached hydrogen (secondary N) is 1. The van der Waals surface area contributed by atoms with Gasteiger partial charge in [-0.2, -0.15) is 0 Å². The molecule has 0 unspecified atom stereocenters. The molecule has 9 heteroatoms. The minimum absolute atomic E-state index is 0.163. The number of carbonyl (C=O) groups is 3. The molecule has 2 atom stereocenters. The molecule has 0 spiro atoms. The van der Waals surface area contributed by atoms with Crippen molar-refractivity contribution in [3.05, 3.63) is 59.5 Å². The zero-order valence-electron chi connectivity index (χ0n) is 18.1. The summed E-state index contributed by atoms with van der Waals surface area (Å²) in [5.74, 6) is -1.53. The van der Waals surface area contributed by atoms with Crippen LogP contribution in [0.4, 0.5) is 0 Å². The second-order valence-electron chi connectivity index (χ2n) is 7.78. The smallest absolute Gasteiger partial charge is 0.321 e. The average molecular weight is 438 g/mol. The van der Waals surface area contributed by atoms with E-state index in [0.717, 1.165) is 11.1 Å². The fraction of sp³-hybridized carbons (Fsp3) is 0.391. The molecule has 0 saturated carbocycles. The van der Waals surface area contributed by atoms with E-state index in [4.69, 9.17) is 14.1 Å². The Labute approximate surface area is 186 Å². The molecule has 2 aliphatic heterocycles. The molecule has 0 aliphatic carbocycles. The summed E-state index contributed by atoms with van der Waals surface area (Å²) in [6, 6.07) is 10.3. The molecule has 9 nitrogen and oxygen atoms in total. The molecule has 1 N–H and O–H groups in total. The second kappa shape index (κ2) is 9.25. The van der Waals surface area contributed by atoms with Gasteiger partial charge in [0.2, 0.25) is 11.9 Å². The van der Waals surface area contributed by atoms with Crippen molar-refractivity contribution in [2.24, 2.45) is 10.9 Å². The van der Waals surface area contributed by atoms with Gasteiger partial charge in [0.25, 0.3) is 5.91 Å². The monoisotopic (exact) mass is 438 g/mol. The number of rotatable bonds is 4. The summed E-state index contributed by atoms with van der Waals surface area (Å²) < 4.78 is 10.3. The van der Waals surface area contributed by atoms with Gasteiger partial charge in [-0.1, -0.05) is 29.8 Å². The average Bonchev–Trinajstić information content (AvgIpc) is 3.34. The quantitative estimate of drug-likeness (QED) is 0.576. The van der Waals surface area contributed by atoms with E-state index >= 15 is 0 Å². The van der Waals surface area contributed by atoms with Gasteiger partial charge in [-0.05, 0) is 31.5 Å². The van der Waals surface area contributed by atoms with Gasteiger partial charge in [-0.25, -0.2) is 4.99 Å². The summed E-state index contributed by atoms with van der Waals surface area (Å²) in [6.07, 6.45) is 1.47. The van der Waals surface area contributed by atoms with Crippen molar-refractivity contribution in [2.45, 2.75) is 19.9 Å². The Kier molecular flexibility index (Phi) is 6.25. The van der Waals surface area contributed by atoms with Gasteiger partial charge in [0.05, 0.1) is 12.9 Å². The molecule has 1 aromatic carbocycles. The Balaban J connectivity index is 1.54. The summed E-state index contributed by atoms with van der Waals surface area (Å²) in [6.45, 7) is 5.78. The Morgan fingerprint density at radius 3 is 2.50 bits per heavy atom. The van der Waals surface area contributed by atoms with E-state index in [1.807, 2.05) is 36.1 Å². The number of hydrogen-bond donors (Lipinski definition) is 1. The van der Waals surface area contributed by atoms with Crippen molar-refractivity contribution in [3.8, 4) is 0 Å². The molecule has 2 amide bonds. The Morgan fingerprint density at radius 1 is 1.16 bits per heavy atom. The number of aryl methyl sites for hydroxylation is 1.